The van der Waals surface area contributed by atoms with Crippen LogP contribution >= 0.6 is 0 Å². The van der Waals surface area contributed by atoms with Gasteiger partial charge >= 0.3 is 5.97 Å². The molecule has 1 heterocycles. The number of aromatic nitrogens is 1. The predicted octanol–water partition coefficient (Wildman–Crippen LogP) is 0.967. The number of aliphatic hydroxyl groups is 2. The third-order valence-corrected chi connectivity index (χ3v) is 2.83. The molecule has 0 aliphatic rings. The summed E-state index contributed by atoms with van der Waals surface area (Å²) >= 11 is 0. The third-order valence-electron chi connectivity index (χ3n) is 2.83. The van der Waals surface area contributed by atoms with E-state index in [0.717, 1.165) is 0 Å². The first-order valence-corrected chi connectivity index (χ1v) is 5.58. The molecule has 0 aliphatic heterocycles. The van der Waals surface area contributed by atoms with Crippen LogP contribution in [0.5, 0.6) is 5.88 Å². The van der Waals surface area contributed by atoms with E-state index >= 15 is 0 Å². The standard InChI is InChI=1S/C13H13NO5/c1-19-11-5-4-7-8(13(17)18)2-3-9(10(16)6-15)12(7)14-11/h2-5,10,15-16H,6H2,1H3,(H,17,18)/t10-/m1/s1. The van der Waals surface area contributed by atoms with Crippen molar-refractivity contribution < 1.29 is 24.9 Å². The summed E-state index contributed by atoms with van der Waals surface area (Å²) in [7, 11) is 1.44. The van der Waals surface area contributed by atoms with E-state index in [1.54, 1.807) is 12.1 Å². The van der Waals surface area contributed by atoms with Crippen LogP contribution in [-0.2, 0) is 0 Å². The summed E-state index contributed by atoms with van der Waals surface area (Å²) in [4.78, 5) is 15.3. The van der Waals surface area contributed by atoms with Gasteiger partial charge in [0.25, 0.3) is 0 Å². The molecule has 0 saturated heterocycles. The van der Waals surface area contributed by atoms with Crippen molar-refractivity contribution >= 4 is 16.9 Å². The Kier molecular flexibility index (Phi) is 3.64. The fourth-order valence-electron chi connectivity index (χ4n) is 1.89. The Balaban J connectivity index is 2.77. The number of methoxy groups -OCH3 is 1. The van der Waals surface area contributed by atoms with Gasteiger partial charge in [-0.15, -0.1) is 0 Å². The molecule has 1 aromatic heterocycles. The van der Waals surface area contributed by atoms with Gasteiger partial charge in [0.15, 0.2) is 0 Å². The lowest BCUT2D eigenvalue weighted by molar-refractivity contribution is 0.0698. The molecule has 3 N–H and O–H groups in total. The monoisotopic (exact) mass is 263 g/mol. The second-order valence-corrected chi connectivity index (χ2v) is 3.96. The minimum absolute atomic E-state index is 0.0824. The maximum Gasteiger partial charge on any atom is 0.336 e. The first kappa shape index (κ1) is 13.3. The van der Waals surface area contributed by atoms with Gasteiger partial charge < -0.3 is 20.1 Å². The number of hydrogen-bond donors (Lipinski definition) is 3. The van der Waals surface area contributed by atoms with Crippen LogP contribution < -0.4 is 4.74 Å². The van der Waals surface area contributed by atoms with Crippen LogP contribution in [0.3, 0.4) is 0 Å². The fraction of sp³-hybridized carbons (Fsp3) is 0.231. The number of pyridine rings is 1. The highest BCUT2D eigenvalue weighted by molar-refractivity contribution is 6.03. The topological polar surface area (TPSA) is 99.9 Å². The molecule has 0 spiro atoms. The number of carboxylic acids is 1. The van der Waals surface area contributed by atoms with Crippen molar-refractivity contribution in [3.63, 3.8) is 0 Å². The van der Waals surface area contributed by atoms with E-state index in [4.69, 9.17) is 14.9 Å². The van der Waals surface area contributed by atoms with Gasteiger partial charge in [-0.25, -0.2) is 9.78 Å². The molecule has 6 nitrogen and oxygen atoms in total. The van der Waals surface area contributed by atoms with E-state index in [9.17, 15) is 9.90 Å². The second kappa shape index (κ2) is 5.21. The van der Waals surface area contributed by atoms with Crippen molar-refractivity contribution in [1.82, 2.24) is 4.98 Å². The highest BCUT2D eigenvalue weighted by atomic mass is 16.5. The number of benzene rings is 1. The lowest BCUT2D eigenvalue weighted by atomic mass is 10.0. The molecule has 6 heteroatoms. The molecule has 2 aromatic rings. The largest absolute Gasteiger partial charge is 0.481 e. The Labute approximate surface area is 108 Å². The first-order valence-electron chi connectivity index (χ1n) is 5.58. The summed E-state index contributed by atoms with van der Waals surface area (Å²) in [5, 5.41) is 28.3. The normalized spacial score (nSPS) is 12.4. The molecule has 0 saturated carbocycles. The Hall–Kier alpha value is -2.18. The van der Waals surface area contributed by atoms with Crippen LogP contribution in [0.15, 0.2) is 24.3 Å². The quantitative estimate of drug-likeness (QED) is 0.760. The molecule has 19 heavy (non-hydrogen) atoms. The van der Waals surface area contributed by atoms with Crippen LogP contribution in [-0.4, -0.2) is 40.0 Å². The number of aliphatic hydroxyl groups excluding tert-OH is 2. The van der Waals surface area contributed by atoms with Crippen molar-refractivity contribution in [3.05, 3.63) is 35.4 Å². The van der Waals surface area contributed by atoms with Gasteiger partial charge in [0, 0.05) is 17.0 Å². The van der Waals surface area contributed by atoms with Gasteiger partial charge in [-0.2, -0.15) is 0 Å². The first-order chi connectivity index (χ1) is 9.08. The molecule has 0 fully saturated rings. The van der Waals surface area contributed by atoms with Crippen molar-refractivity contribution in [2.24, 2.45) is 0 Å². The van der Waals surface area contributed by atoms with Crippen LogP contribution in [0.4, 0.5) is 0 Å². The van der Waals surface area contributed by atoms with E-state index in [-0.39, 0.29) is 5.56 Å². The van der Waals surface area contributed by atoms with Crippen molar-refractivity contribution in [1.29, 1.82) is 0 Å². The molecular formula is C13H13NO5. The minimum atomic E-state index is -1.12. The average molecular weight is 263 g/mol. The number of aromatic carboxylic acids is 1. The summed E-state index contributed by atoms with van der Waals surface area (Å²) in [5.74, 6) is -0.775. The fourth-order valence-corrected chi connectivity index (χ4v) is 1.89. The maximum atomic E-state index is 11.1. The van der Waals surface area contributed by atoms with Gasteiger partial charge in [-0.3, -0.25) is 0 Å². The Morgan fingerprint density at radius 2 is 2.11 bits per heavy atom. The lowest BCUT2D eigenvalue weighted by Crippen LogP contribution is -2.07. The average Bonchev–Trinajstić information content (AvgIpc) is 2.44. The highest BCUT2D eigenvalue weighted by Gasteiger charge is 2.17. The van der Waals surface area contributed by atoms with Crippen LogP contribution in [0.1, 0.15) is 22.0 Å². The third kappa shape index (κ3) is 2.35. The molecular weight excluding hydrogens is 250 g/mol. The van der Waals surface area contributed by atoms with E-state index in [2.05, 4.69) is 4.98 Å². The van der Waals surface area contributed by atoms with E-state index in [1.807, 2.05) is 0 Å². The molecule has 0 bridgehead atoms. The molecule has 0 unspecified atom stereocenters. The maximum absolute atomic E-state index is 11.1. The summed E-state index contributed by atoms with van der Waals surface area (Å²) in [6.07, 6.45) is -1.12. The smallest absolute Gasteiger partial charge is 0.336 e. The van der Waals surface area contributed by atoms with Crippen molar-refractivity contribution in [2.45, 2.75) is 6.10 Å². The van der Waals surface area contributed by atoms with Gasteiger partial charge in [0.2, 0.25) is 5.88 Å². The Bertz CT molecular complexity index is 626. The summed E-state index contributed by atoms with van der Waals surface area (Å²) in [6, 6.07) is 5.94. The van der Waals surface area contributed by atoms with Gasteiger partial charge in [-0.05, 0) is 12.1 Å². The number of hydrogen-bond acceptors (Lipinski definition) is 5. The molecule has 100 valence electrons. The number of ether oxygens (including phenoxy) is 1. The van der Waals surface area contributed by atoms with Crippen molar-refractivity contribution in [3.8, 4) is 5.88 Å². The van der Waals surface area contributed by atoms with Gasteiger partial charge in [0.1, 0.15) is 6.10 Å². The molecule has 1 aromatic carbocycles. The molecule has 1 atom stereocenters. The van der Waals surface area contributed by atoms with Crippen molar-refractivity contribution in [2.75, 3.05) is 13.7 Å². The molecule has 0 radical (unpaired) electrons. The summed E-state index contributed by atoms with van der Waals surface area (Å²) in [5.41, 5.74) is 0.751. The van der Waals surface area contributed by atoms with Crippen LogP contribution in [0.2, 0.25) is 0 Å². The number of rotatable bonds is 4. The number of nitrogens with zero attached hydrogens (tertiary/aromatic N) is 1. The van der Waals surface area contributed by atoms with E-state index < -0.39 is 18.7 Å². The minimum Gasteiger partial charge on any atom is -0.481 e. The molecule has 0 aliphatic carbocycles. The zero-order valence-electron chi connectivity index (χ0n) is 10.2. The Morgan fingerprint density at radius 1 is 1.37 bits per heavy atom. The highest BCUT2D eigenvalue weighted by Crippen LogP contribution is 2.27. The molecule has 2 rings (SSSR count). The van der Waals surface area contributed by atoms with E-state index in [0.29, 0.717) is 22.3 Å². The summed E-state index contributed by atoms with van der Waals surface area (Å²) < 4.78 is 4.99. The lowest BCUT2D eigenvalue weighted by Gasteiger charge is -2.12. The number of carboxylic acid groups (broad SMARTS) is 1. The SMILES string of the molecule is COc1ccc2c(C(=O)O)ccc([C@H](O)CO)c2n1. The number of carbonyl (C=O) groups is 1. The Morgan fingerprint density at radius 3 is 2.68 bits per heavy atom. The zero-order chi connectivity index (χ0) is 14.0. The van der Waals surface area contributed by atoms with Crippen LogP contribution in [0, 0.1) is 0 Å². The zero-order valence-corrected chi connectivity index (χ0v) is 10.2. The molecule has 0 amide bonds. The predicted molar refractivity (Wildman–Crippen MR) is 67.3 cm³/mol. The van der Waals surface area contributed by atoms with E-state index in [1.165, 1.54) is 19.2 Å². The number of fused-ring (bicyclic) bond motifs is 1. The van der Waals surface area contributed by atoms with Gasteiger partial charge in [0.05, 0.1) is 24.8 Å². The second-order valence-electron chi connectivity index (χ2n) is 3.96. The summed E-state index contributed by atoms with van der Waals surface area (Å²) in [6.45, 7) is -0.472. The van der Waals surface area contributed by atoms with Crippen LogP contribution in [0.25, 0.3) is 10.9 Å². The van der Waals surface area contributed by atoms with Gasteiger partial charge in [-0.1, -0.05) is 6.07 Å².